The number of pyridine rings is 1. The molecule has 0 radical (unpaired) electrons. The number of nitrogens with one attached hydrogen (secondary N) is 1. The maximum atomic E-state index is 12.6. The molecule has 2 saturated heterocycles. The summed E-state index contributed by atoms with van der Waals surface area (Å²) in [7, 11) is 0. The second-order valence-electron chi connectivity index (χ2n) is 9.68. The summed E-state index contributed by atoms with van der Waals surface area (Å²) in [6, 6.07) is 14.3. The summed E-state index contributed by atoms with van der Waals surface area (Å²) in [6.07, 6.45) is -3.32. The van der Waals surface area contributed by atoms with E-state index in [1.807, 2.05) is 0 Å². The molecule has 37 heavy (non-hydrogen) atoms. The number of halogens is 3. The van der Waals surface area contributed by atoms with Gasteiger partial charge in [0, 0.05) is 73.8 Å². The quantitative estimate of drug-likeness (QED) is 0.458. The molecule has 0 amide bonds. The van der Waals surface area contributed by atoms with Crippen molar-refractivity contribution in [3.05, 3.63) is 83.8 Å². The van der Waals surface area contributed by atoms with Crippen LogP contribution in [0.2, 0.25) is 0 Å². The van der Waals surface area contributed by atoms with E-state index >= 15 is 0 Å². The minimum Gasteiger partial charge on any atom is -0.472 e. The van der Waals surface area contributed by atoms with Gasteiger partial charge in [0.25, 0.3) is 0 Å². The molecule has 2 atom stereocenters. The molecule has 0 spiro atoms. The molecule has 0 bridgehead atoms. The molecule has 2 aromatic heterocycles. The summed E-state index contributed by atoms with van der Waals surface area (Å²) >= 11 is 0. The maximum Gasteiger partial charge on any atom is 0.433 e. The normalized spacial score (nSPS) is 19.1. The van der Waals surface area contributed by atoms with Gasteiger partial charge in [-0.05, 0) is 36.8 Å². The Labute approximate surface area is 214 Å². The van der Waals surface area contributed by atoms with Crippen molar-refractivity contribution >= 4 is 11.5 Å². The highest BCUT2D eigenvalue weighted by Crippen LogP contribution is 2.35. The lowest BCUT2D eigenvalue weighted by atomic mass is 10.0. The Morgan fingerprint density at radius 1 is 0.973 bits per heavy atom. The van der Waals surface area contributed by atoms with Crippen molar-refractivity contribution in [2.45, 2.75) is 26.3 Å². The van der Waals surface area contributed by atoms with E-state index in [0.29, 0.717) is 29.8 Å². The maximum absolute atomic E-state index is 12.6. The van der Waals surface area contributed by atoms with Gasteiger partial charge >= 0.3 is 6.18 Å². The lowest BCUT2D eigenvalue weighted by Crippen LogP contribution is -2.27. The van der Waals surface area contributed by atoms with Crippen molar-refractivity contribution in [3.63, 3.8) is 0 Å². The number of benzene rings is 1. The van der Waals surface area contributed by atoms with Crippen LogP contribution in [0.4, 0.5) is 24.7 Å². The van der Waals surface area contributed by atoms with Crippen LogP contribution in [0.15, 0.2) is 67.0 Å². The SMILES string of the molecule is C=C(C)N1C[C@@H]2CN(c3ccc(CNc4ccc(OCc5ccc(C(F)(F)F)nc5)nn4)cc3)C[C@@H]2C1. The van der Waals surface area contributed by atoms with Crippen LogP contribution >= 0.6 is 0 Å². The summed E-state index contributed by atoms with van der Waals surface area (Å²) in [5.41, 5.74) is 3.12. The van der Waals surface area contributed by atoms with E-state index in [1.54, 1.807) is 12.1 Å². The molecule has 2 fully saturated rings. The molecular weight excluding hydrogens is 481 g/mol. The lowest BCUT2D eigenvalue weighted by Gasteiger charge is -2.24. The first-order valence-electron chi connectivity index (χ1n) is 12.2. The van der Waals surface area contributed by atoms with Gasteiger partial charge in [-0.3, -0.25) is 4.98 Å². The second kappa shape index (κ2) is 10.3. The number of nitrogens with zero attached hydrogens (tertiary/aromatic N) is 5. The van der Waals surface area contributed by atoms with Crippen molar-refractivity contribution < 1.29 is 17.9 Å². The molecule has 2 aliphatic heterocycles. The minimum atomic E-state index is -4.46. The first-order valence-corrected chi connectivity index (χ1v) is 12.2. The van der Waals surface area contributed by atoms with Gasteiger partial charge in [-0.25, -0.2) is 0 Å². The summed E-state index contributed by atoms with van der Waals surface area (Å²) in [5.74, 6) is 2.28. The molecule has 2 aliphatic rings. The molecular formula is C27H29F3N6O. The highest BCUT2D eigenvalue weighted by molar-refractivity contribution is 5.49. The summed E-state index contributed by atoms with van der Waals surface area (Å²) in [4.78, 5) is 8.30. The summed E-state index contributed by atoms with van der Waals surface area (Å²) in [5, 5.41) is 11.4. The van der Waals surface area contributed by atoms with Gasteiger partial charge in [0.2, 0.25) is 5.88 Å². The fraction of sp³-hybridized carbons (Fsp3) is 0.370. The van der Waals surface area contributed by atoms with Gasteiger partial charge in [-0.15, -0.1) is 10.2 Å². The molecule has 0 unspecified atom stereocenters. The van der Waals surface area contributed by atoms with Gasteiger partial charge < -0.3 is 19.9 Å². The van der Waals surface area contributed by atoms with E-state index in [9.17, 15) is 13.2 Å². The Morgan fingerprint density at radius 3 is 2.24 bits per heavy atom. The molecule has 194 valence electrons. The molecule has 1 aromatic carbocycles. The van der Waals surface area contributed by atoms with Gasteiger partial charge in [-0.2, -0.15) is 13.2 Å². The van der Waals surface area contributed by atoms with Crippen LogP contribution < -0.4 is 15.0 Å². The Morgan fingerprint density at radius 2 is 1.68 bits per heavy atom. The average molecular weight is 511 g/mol. The van der Waals surface area contributed by atoms with Crippen LogP contribution in [0.1, 0.15) is 23.7 Å². The van der Waals surface area contributed by atoms with Crippen molar-refractivity contribution in [1.29, 1.82) is 0 Å². The molecule has 10 heteroatoms. The average Bonchev–Trinajstić information content (AvgIpc) is 3.47. The number of allylic oxidation sites excluding steroid dienone is 1. The van der Waals surface area contributed by atoms with Crippen molar-refractivity contribution in [2.24, 2.45) is 11.8 Å². The fourth-order valence-electron chi connectivity index (χ4n) is 4.86. The third-order valence-electron chi connectivity index (χ3n) is 6.94. The van der Waals surface area contributed by atoms with E-state index in [1.165, 1.54) is 17.5 Å². The number of hydrogen-bond acceptors (Lipinski definition) is 7. The molecule has 1 N–H and O–H groups in total. The molecule has 0 aliphatic carbocycles. The number of anilines is 2. The Kier molecular flexibility index (Phi) is 6.90. The highest BCUT2D eigenvalue weighted by atomic mass is 19.4. The van der Waals surface area contributed by atoms with Crippen molar-refractivity contribution in [1.82, 2.24) is 20.1 Å². The second-order valence-corrected chi connectivity index (χ2v) is 9.68. The predicted molar refractivity (Wildman–Crippen MR) is 135 cm³/mol. The number of rotatable bonds is 8. The van der Waals surface area contributed by atoms with Crippen LogP contribution in [0, 0.1) is 11.8 Å². The van der Waals surface area contributed by atoms with E-state index in [-0.39, 0.29) is 12.5 Å². The molecule has 0 saturated carbocycles. The Bertz CT molecular complexity index is 1200. The molecule has 7 nitrogen and oxygen atoms in total. The monoisotopic (exact) mass is 510 g/mol. The van der Waals surface area contributed by atoms with Gasteiger partial charge in [-0.1, -0.05) is 24.8 Å². The third-order valence-corrected chi connectivity index (χ3v) is 6.94. The van der Waals surface area contributed by atoms with E-state index in [2.05, 4.69) is 68.1 Å². The largest absolute Gasteiger partial charge is 0.472 e. The van der Waals surface area contributed by atoms with Crippen LogP contribution in [-0.4, -0.2) is 46.3 Å². The minimum absolute atomic E-state index is 0.0452. The zero-order chi connectivity index (χ0) is 26.0. The molecule has 5 rings (SSSR count). The standard InChI is InChI=1S/C27H29F3N6O/c1-18(2)35-13-21-15-36(16-22(21)14-35)23-6-3-19(4-7-23)11-32-25-9-10-26(34-33-25)37-17-20-5-8-24(31-12-20)27(28,29)30/h3-10,12,21-22H,1,11,13-17H2,2H3,(H,32,33)/t21-,22+. The Hall–Kier alpha value is -3.82. The van der Waals surface area contributed by atoms with Crippen molar-refractivity contribution in [2.75, 3.05) is 36.4 Å². The van der Waals surface area contributed by atoms with Crippen LogP contribution in [0.5, 0.6) is 5.88 Å². The van der Waals surface area contributed by atoms with E-state index in [0.717, 1.165) is 44.0 Å². The van der Waals surface area contributed by atoms with Gasteiger partial charge in [0.15, 0.2) is 0 Å². The van der Waals surface area contributed by atoms with Crippen LogP contribution in [0.25, 0.3) is 0 Å². The van der Waals surface area contributed by atoms with Crippen LogP contribution in [0.3, 0.4) is 0 Å². The topological polar surface area (TPSA) is 66.4 Å². The summed E-state index contributed by atoms with van der Waals surface area (Å²) < 4.78 is 43.3. The zero-order valence-electron chi connectivity index (χ0n) is 20.6. The van der Waals surface area contributed by atoms with E-state index in [4.69, 9.17) is 4.74 Å². The zero-order valence-corrected chi connectivity index (χ0v) is 20.6. The molecule has 4 heterocycles. The third kappa shape index (κ3) is 5.95. The summed E-state index contributed by atoms with van der Waals surface area (Å²) in [6.45, 7) is 11.2. The molecule has 3 aromatic rings. The van der Waals surface area contributed by atoms with Crippen LogP contribution in [-0.2, 0) is 19.3 Å². The smallest absolute Gasteiger partial charge is 0.433 e. The number of aromatic nitrogens is 3. The van der Waals surface area contributed by atoms with E-state index < -0.39 is 11.9 Å². The van der Waals surface area contributed by atoms with Gasteiger partial charge in [0.05, 0.1) is 0 Å². The first-order chi connectivity index (χ1) is 17.7. The highest BCUT2D eigenvalue weighted by Gasteiger charge is 2.39. The number of ether oxygens (including phenoxy) is 1. The number of fused-ring (bicyclic) bond motifs is 1. The predicted octanol–water partition coefficient (Wildman–Crippen LogP) is 4.98. The van der Waals surface area contributed by atoms with Gasteiger partial charge in [0.1, 0.15) is 18.1 Å². The lowest BCUT2D eigenvalue weighted by molar-refractivity contribution is -0.141. The number of likely N-dealkylation sites (tertiary alicyclic amines) is 1. The number of alkyl halides is 3. The fourth-order valence-corrected chi connectivity index (χ4v) is 4.86. The number of hydrogen-bond donors (Lipinski definition) is 1. The Balaban J connectivity index is 1.07. The van der Waals surface area contributed by atoms with Crippen molar-refractivity contribution in [3.8, 4) is 5.88 Å². The first kappa shape index (κ1) is 24.9.